The molecule has 0 atom stereocenters. The average molecular weight is 278 g/mol. The van der Waals surface area contributed by atoms with Gasteiger partial charge in [-0.15, -0.1) is 0 Å². The summed E-state index contributed by atoms with van der Waals surface area (Å²) in [4.78, 5) is 0.127. The van der Waals surface area contributed by atoms with Gasteiger partial charge in [-0.3, -0.25) is 0 Å². The molecule has 0 aliphatic carbocycles. The lowest BCUT2D eigenvalue weighted by Gasteiger charge is -2.13. The molecule has 0 aliphatic heterocycles. The predicted octanol–water partition coefficient (Wildman–Crippen LogP) is 1.18. The topological polar surface area (TPSA) is 106 Å². The molecule has 2 rings (SSSR count). The van der Waals surface area contributed by atoms with Gasteiger partial charge in [0.25, 0.3) is 0 Å². The number of hydrogen-bond acceptors (Lipinski definition) is 5. The molecule has 0 heterocycles. The van der Waals surface area contributed by atoms with Gasteiger partial charge in [0.2, 0.25) is 9.84 Å². The Labute approximate surface area is 111 Å². The lowest BCUT2D eigenvalue weighted by Crippen LogP contribution is -2.09. The van der Waals surface area contributed by atoms with Crippen molar-refractivity contribution in [2.75, 3.05) is 11.5 Å². The lowest BCUT2D eigenvalue weighted by atomic mass is 10.1. The summed E-state index contributed by atoms with van der Waals surface area (Å²) in [6.07, 6.45) is 0. The minimum absolute atomic E-state index is 0.0205. The van der Waals surface area contributed by atoms with Gasteiger partial charge in [-0.25, -0.2) is 8.42 Å². The highest BCUT2D eigenvalue weighted by Crippen LogP contribution is 2.30. The molecule has 19 heavy (non-hydrogen) atoms. The number of nitrogens with two attached hydrogens (primary N) is 2. The first-order chi connectivity index (χ1) is 8.98. The van der Waals surface area contributed by atoms with Crippen LogP contribution in [-0.4, -0.2) is 13.5 Å². The van der Waals surface area contributed by atoms with Crippen molar-refractivity contribution in [1.29, 1.82) is 0 Å². The van der Waals surface area contributed by atoms with Gasteiger partial charge < -0.3 is 16.6 Å². The van der Waals surface area contributed by atoms with E-state index in [1.54, 1.807) is 18.2 Å². The fourth-order valence-corrected chi connectivity index (χ4v) is 3.32. The normalized spacial score (nSPS) is 11.4. The largest absolute Gasteiger partial charge is 0.397 e. The SMILES string of the molecule is Nc1ccc(S(=O)(=O)c2ccccc2)c(CO)c1N. The summed E-state index contributed by atoms with van der Waals surface area (Å²) in [7, 11) is -3.72. The van der Waals surface area contributed by atoms with Crippen molar-refractivity contribution in [3.8, 4) is 0 Å². The number of anilines is 2. The molecule has 100 valence electrons. The van der Waals surface area contributed by atoms with Crippen molar-refractivity contribution in [3.63, 3.8) is 0 Å². The first kappa shape index (κ1) is 13.4. The van der Waals surface area contributed by atoms with E-state index in [2.05, 4.69) is 0 Å². The van der Waals surface area contributed by atoms with Crippen molar-refractivity contribution in [3.05, 3.63) is 48.0 Å². The third-order valence-electron chi connectivity index (χ3n) is 2.85. The summed E-state index contributed by atoms with van der Waals surface area (Å²) >= 11 is 0. The van der Waals surface area contributed by atoms with E-state index in [0.717, 1.165) is 0 Å². The van der Waals surface area contributed by atoms with Gasteiger partial charge in [0, 0.05) is 5.56 Å². The zero-order valence-corrected chi connectivity index (χ0v) is 10.9. The first-order valence-electron chi connectivity index (χ1n) is 5.56. The van der Waals surface area contributed by atoms with E-state index >= 15 is 0 Å². The fraction of sp³-hybridized carbons (Fsp3) is 0.0769. The number of benzene rings is 2. The molecule has 0 radical (unpaired) electrons. The van der Waals surface area contributed by atoms with Gasteiger partial charge in [0.1, 0.15) is 0 Å². The fourth-order valence-electron chi connectivity index (χ4n) is 1.80. The van der Waals surface area contributed by atoms with Gasteiger partial charge in [-0.2, -0.15) is 0 Å². The third kappa shape index (κ3) is 2.27. The molecule has 0 unspecified atom stereocenters. The molecule has 6 heteroatoms. The van der Waals surface area contributed by atoms with E-state index < -0.39 is 16.4 Å². The highest BCUT2D eigenvalue weighted by molar-refractivity contribution is 7.91. The molecule has 0 fully saturated rings. The van der Waals surface area contributed by atoms with Crippen LogP contribution in [0.3, 0.4) is 0 Å². The van der Waals surface area contributed by atoms with Crippen LogP contribution in [0.4, 0.5) is 11.4 Å². The number of hydrogen-bond donors (Lipinski definition) is 3. The van der Waals surface area contributed by atoms with Crippen molar-refractivity contribution >= 4 is 21.2 Å². The second kappa shape index (κ2) is 4.91. The maximum atomic E-state index is 12.5. The Balaban J connectivity index is 2.69. The van der Waals surface area contributed by atoms with Crippen LogP contribution in [0, 0.1) is 0 Å². The van der Waals surface area contributed by atoms with Crippen molar-refractivity contribution < 1.29 is 13.5 Å². The molecule has 0 bridgehead atoms. The minimum Gasteiger partial charge on any atom is -0.397 e. The van der Waals surface area contributed by atoms with E-state index in [1.807, 2.05) is 0 Å². The summed E-state index contributed by atoms with van der Waals surface area (Å²) in [5, 5.41) is 9.33. The maximum Gasteiger partial charge on any atom is 0.207 e. The van der Waals surface area contributed by atoms with Gasteiger partial charge >= 0.3 is 0 Å². The van der Waals surface area contributed by atoms with Gasteiger partial charge in [0.05, 0.1) is 27.8 Å². The molecular weight excluding hydrogens is 264 g/mol. The van der Waals surface area contributed by atoms with Crippen LogP contribution in [0.25, 0.3) is 0 Å². The smallest absolute Gasteiger partial charge is 0.207 e. The molecule has 5 N–H and O–H groups in total. The molecule has 5 nitrogen and oxygen atoms in total. The summed E-state index contributed by atoms with van der Waals surface area (Å²) in [6, 6.07) is 10.7. The maximum absolute atomic E-state index is 12.5. The van der Waals surface area contributed by atoms with E-state index in [1.165, 1.54) is 24.3 Å². The van der Waals surface area contributed by atoms with Crippen molar-refractivity contribution in [2.45, 2.75) is 16.4 Å². The Morgan fingerprint density at radius 3 is 2.21 bits per heavy atom. The van der Waals surface area contributed by atoms with Gasteiger partial charge in [0.15, 0.2) is 0 Å². The molecule has 0 aromatic heterocycles. The van der Waals surface area contributed by atoms with E-state index in [9.17, 15) is 13.5 Å². The average Bonchev–Trinajstić information content (AvgIpc) is 2.42. The van der Waals surface area contributed by atoms with Crippen LogP contribution in [0.2, 0.25) is 0 Å². The number of aliphatic hydroxyl groups is 1. The molecule has 0 saturated carbocycles. The zero-order chi connectivity index (χ0) is 14.0. The second-order valence-corrected chi connectivity index (χ2v) is 5.94. The van der Waals surface area contributed by atoms with Crippen LogP contribution in [0.1, 0.15) is 5.56 Å². The first-order valence-corrected chi connectivity index (χ1v) is 7.04. The summed E-state index contributed by atoms with van der Waals surface area (Å²) in [5.74, 6) is 0. The summed E-state index contributed by atoms with van der Waals surface area (Å²) < 4.78 is 24.9. The van der Waals surface area contributed by atoms with Crippen LogP contribution >= 0.6 is 0 Å². The van der Waals surface area contributed by atoms with Crippen LogP contribution < -0.4 is 11.5 Å². The lowest BCUT2D eigenvalue weighted by molar-refractivity contribution is 0.279. The van der Waals surface area contributed by atoms with Crippen LogP contribution in [0.15, 0.2) is 52.3 Å². The van der Waals surface area contributed by atoms with Gasteiger partial charge in [-0.05, 0) is 24.3 Å². The van der Waals surface area contributed by atoms with E-state index in [4.69, 9.17) is 11.5 Å². The van der Waals surface area contributed by atoms with Crippen LogP contribution in [0.5, 0.6) is 0 Å². The van der Waals surface area contributed by atoms with E-state index in [-0.39, 0.29) is 26.7 Å². The predicted molar refractivity (Wildman–Crippen MR) is 73.1 cm³/mol. The minimum atomic E-state index is -3.72. The number of nitrogen functional groups attached to an aromatic ring is 2. The van der Waals surface area contributed by atoms with Crippen LogP contribution in [-0.2, 0) is 16.4 Å². The standard InChI is InChI=1S/C13H14N2O3S/c14-11-6-7-12(10(8-16)13(11)15)19(17,18)9-4-2-1-3-5-9/h1-7,16H,8,14-15H2. The monoisotopic (exact) mass is 278 g/mol. The van der Waals surface area contributed by atoms with Gasteiger partial charge in [-0.1, -0.05) is 18.2 Å². The highest BCUT2D eigenvalue weighted by atomic mass is 32.2. The molecule has 0 aliphatic rings. The molecule has 0 saturated heterocycles. The Hall–Kier alpha value is -2.05. The van der Waals surface area contributed by atoms with E-state index in [0.29, 0.717) is 0 Å². The molecular formula is C13H14N2O3S. The summed E-state index contributed by atoms with van der Waals surface area (Å²) in [5.41, 5.74) is 11.8. The third-order valence-corrected chi connectivity index (χ3v) is 4.70. The Bertz CT molecular complexity index is 697. The number of sulfone groups is 1. The summed E-state index contributed by atoms with van der Waals surface area (Å²) in [6.45, 7) is -0.488. The molecule has 0 spiro atoms. The Morgan fingerprint density at radius 2 is 1.63 bits per heavy atom. The molecule has 2 aromatic carbocycles. The van der Waals surface area contributed by atoms with Crippen molar-refractivity contribution in [2.24, 2.45) is 0 Å². The highest BCUT2D eigenvalue weighted by Gasteiger charge is 2.22. The quantitative estimate of drug-likeness (QED) is 0.731. The zero-order valence-electron chi connectivity index (χ0n) is 10.1. The Morgan fingerprint density at radius 1 is 1.00 bits per heavy atom. The number of rotatable bonds is 3. The molecule has 0 amide bonds. The Kier molecular flexibility index (Phi) is 3.46. The van der Waals surface area contributed by atoms with Crippen molar-refractivity contribution in [1.82, 2.24) is 0 Å². The second-order valence-electron chi connectivity index (χ2n) is 4.02. The molecule has 2 aromatic rings. The number of aliphatic hydroxyl groups excluding tert-OH is 1.